The van der Waals surface area contributed by atoms with Crippen LogP contribution in [-0.2, 0) is 0 Å². The molecule has 0 aliphatic carbocycles. The molecule has 0 spiro atoms. The third-order valence-corrected chi connectivity index (χ3v) is 3.78. The molecule has 9 heteroatoms. The summed E-state index contributed by atoms with van der Waals surface area (Å²) in [6.45, 7) is 4.86. The molecule has 1 aliphatic rings. The van der Waals surface area contributed by atoms with Crippen LogP contribution in [0.15, 0.2) is 15.4 Å². The van der Waals surface area contributed by atoms with Crippen LogP contribution in [-0.4, -0.2) is 44.3 Å². The molecule has 1 fully saturated rings. The van der Waals surface area contributed by atoms with Crippen molar-refractivity contribution in [3.63, 3.8) is 0 Å². The zero-order chi connectivity index (χ0) is 15.5. The number of amides is 2. The summed E-state index contributed by atoms with van der Waals surface area (Å²) in [4.78, 5) is 22.2. The number of aromatic nitrogens is 4. The number of urea groups is 1. The van der Waals surface area contributed by atoms with Gasteiger partial charge in [0.2, 0.25) is 12.3 Å². The molecule has 3 heterocycles. The Morgan fingerprint density at radius 2 is 2.18 bits per heavy atom. The number of nitrogens with zero attached hydrogens (tertiary/aromatic N) is 5. The topological polar surface area (TPSA) is 110 Å². The van der Waals surface area contributed by atoms with E-state index in [1.165, 1.54) is 6.39 Å². The highest BCUT2D eigenvalue weighted by Crippen LogP contribution is 2.25. The third-order valence-electron chi connectivity index (χ3n) is 3.78. The fraction of sp³-hybridized carbons (Fsp3) is 0.615. The number of carbonyl (C=O) groups is 1. The van der Waals surface area contributed by atoms with Crippen LogP contribution in [0.25, 0.3) is 0 Å². The van der Waals surface area contributed by atoms with Crippen molar-refractivity contribution in [3.8, 4) is 0 Å². The van der Waals surface area contributed by atoms with Crippen LogP contribution >= 0.6 is 0 Å². The average Bonchev–Trinajstić information content (AvgIpc) is 3.18. The zero-order valence-electron chi connectivity index (χ0n) is 12.5. The first-order chi connectivity index (χ1) is 10.6. The number of hydrogen-bond donors (Lipinski definition) is 1. The molecule has 0 unspecified atom stereocenters. The summed E-state index contributed by atoms with van der Waals surface area (Å²) in [5.74, 6) is 1.93. The maximum atomic E-state index is 12.3. The smallest absolute Gasteiger partial charge is 0.318 e. The second kappa shape index (κ2) is 6.12. The normalized spacial score (nSPS) is 17.5. The van der Waals surface area contributed by atoms with E-state index in [0.717, 1.165) is 18.7 Å². The SMILES string of the molecule is Cc1noc([C@@H](C)NC(=O)N2CCC(c3ncon3)CC2)n1. The van der Waals surface area contributed by atoms with Crippen molar-refractivity contribution < 1.29 is 13.8 Å². The van der Waals surface area contributed by atoms with E-state index in [9.17, 15) is 4.79 Å². The van der Waals surface area contributed by atoms with Crippen LogP contribution in [0, 0.1) is 6.92 Å². The van der Waals surface area contributed by atoms with Crippen molar-refractivity contribution >= 4 is 6.03 Å². The van der Waals surface area contributed by atoms with Crippen molar-refractivity contribution in [2.24, 2.45) is 0 Å². The van der Waals surface area contributed by atoms with Gasteiger partial charge in [-0.25, -0.2) is 4.79 Å². The number of carbonyl (C=O) groups excluding carboxylic acids is 1. The summed E-state index contributed by atoms with van der Waals surface area (Å²) in [6, 6.07) is -0.446. The molecule has 3 rings (SSSR count). The largest absolute Gasteiger partial charge is 0.343 e. The first-order valence-corrected chi connectivity index (χ1v) is 7.25. The molecule has 1 aliphatic heterocycles. The standard InChI is InChI=1S/C13H18N6O3/c1-8(12-16-9(2)17-22-12)15-13(20)19-5-3-10(4-6-19)11-14-7-21-18-11/h7-8,10H,3-6H2,1-2H3,(H,15,20)/t8-/m1/s1. The number of rotatable bonds is 3. The van der Waals surface area contributed by atoms with E-state index >= 15 is 0 Å². The van der Waals surface area contributed by atoms with Crippen LogP contribution in [0.4, 0.5) is 4.79 Å². The Hall–Kier alpha value is -2.45. The molecule has 2 aromatic heterocycles. The van der Waals surface area contributed by atoms with Gasteiger partial charge >= 0.3 is 6.03 Å². The Morgan fingerprint density at radius 3 is 2.77 bits per heavy atom. The lowest BCUT2D eigenvalue weighted by atomic mass is 9.96. The van der Waals surface area contributed by atoms with Gasteiger partial charge in [0.05, 0.1) is 0 Å². The maximum Gasteiger partial charge on any atom is 0.318 e. The van der Waals surface area contributed by atoms with E-state index in [4.69, 9.17) is 9.05 Å². The average molecular weight is 306 g/mol. The van der Waals surface area contributed by atoms with E-state index in [1.807, 2.05) is 6.92 Å². The highest BCUT2D eigenvalue weighted by Gasteiger charge is 2.27. The quantitative estimate of drug-likeness (QED) is 0.912. The minimum Gasteiger partial charge on any atom is -0.343 e. The molecule has 2 aromatic rings. The number of piperidine rings is 1. The van der Waals surface area contributed by atoms with Gasteiger partial charge < -0.3 is 19.3 Å². The van der Waals surface area contributed by atoms with Gasteiger partial charge in [0.1, 0.15) is 6.04 Å². The second-order valence-electron chi connectivity index (χ2n) is 5.40. The zero-order valence-corrected chi connectivity index (χ0v) is 12.5. The molecule has 0 radical (unpaired) electrons. The minimum atomic E-state index is -0.316. The highest BCUT2D eigenvalue weighted by atomic mass is 16.5. The number of likely N-dealkylation sites (tertiary alicyclic amines) is 1. The Balaban J connectivity index is 1.51. The Morgan fingerprint density at radius 1 is 1.41 bits per heavy atom. The van der Waals surface area contributed by atoms with Crippen molar-refractivity contribution in [1.29, 1.82) is 0 Å². The van der Waals surface area contributed by atoms with E-state index in [1.54, 1.807) is 11.8 Å². The number of hydrogen-bond acceptors (Lipinski definition) is 7. The highest BCUT2D eigenvalue weighted by molar-refractivity contribution is 5.74. The molecule has 0 saturated carbocycles. The first-order valence-electron chi connectivity index (χ1n) is 7.25. The molecule has 1 saturated heterocycles. The van der Waals surface area contributed by atoms with Gasteiger partial charge in [-0.05, 0) is 26.7 Å². The lowest BCUT2D eigenvalue weighted by molar-refractivity contribution is 0.174. The Bertz CT molecular complexity index is 618. The molecule has 0 aromatic carbocycles. The van der Waals surface area contributed by atoms with E-state index in [0.29, 0.717) is 24.8 Å². The fourth-order valence-corrected chi connectivity index (χ4v) is 2.53. The lowest BCUT2D eigenvalue weighted by Gasteiger charge is -2.31. The molecular formula is C13H18N6O3. The monoisotopic (exact) mass is 306 g/mol. The summed E-state index contributed by atoms with van der Waals surface area (Å²) >= 11 is 0. The summed E-state index contributed by atoms with van der Waals surface area (Å²) in [7, 11) is 0. The predicted octanol–water partition coefficient (Wildman–Crippen LogP) is 1.41. The third kappa shape index (κ3) is 3.07. The van der Waals surface area contributed by atoms with Crippen molar-refractivity contribution in [1.82, 2.24) is 30.5 Å². The molecular weight excluding hydrogens is 288 g/mol. The van der Waals surface area contributed by atoms with Gasteiger partial charge in [-0.1, -0.05) is 10.3 Å². The number of nitrogens with one attached hydrogen (secondary N) is 1. The van der Waals surface area contributed by atoms with Gasteiger partial charge in [0.15, 0.2) is 11.6 Å². The Kier molecular flexibility index (Phi) is 4.03. The molecule has 1 N–H and O–H groups in total. The van der Waals surface area contributed by atoms with E-state index in [2.05, 4.69) is 25.6 Å². The Labute approximate surface area is 127 Å². The van der Waals surface area contributed by atoms with Crippen LogP contribution in [0.2, 0.25) is 0 Å². The van der Waals surface area contributed by atoms with Crippen LogP contribution in [0.3, 0.4) is 0 Å². The molecule has 9 nitrogen and oxygen atoms in total. The summed E-state index contributed by atoms with van der Waals surface area (Å²) in [5, 5.41) is 10.5. The van der Waals surface area contributed by atoms with Gasteiger partial charge in [0.25, 0.3) is 0 Å². The molecule has 1 atom stereocenters. The van der Waals surface area contributed by atoms with Gasteiger partial charge in [0, 0.05) is 19.0 Å². The summed E-state index contributed by atoms with van der Waals surface area (Å²) < 4.78 is 9.83. The van der Waals surface area contributed by atoms with Crippen molar-refractivity contribution in [3.05, 3.63) is 23.9 Å². The van der Waals surface area contributed by atoms with Crippen molar-refractivity contribution in [2.75, 3.05) is 13.1 Å². The lowest BCUT2D eigenvalue weighted by Crippen LogP contribution is -2.45. The fourth-order valence-electron chi connectivity index (χ4n) is 2.53. The second-order valence-corrected chi connectivity index (χ2v) is 5.40. The van der Waals surface area contributed by atoms with Gasteiger partial charge in [-0.3, -0.25) is 0 Å². The molecule has 22 heavy (non-hydrogen) atoms. The van der Waals surface area contributed by atoms with Gasteiger partial charge in [-0.2, -0.15) is 9.97 Å². The summed E-state index contributed by atoms with van der Waals surface area (Å²) in [6.07, 6.45) is 2.98. The molecule has 0 bridgehead atoms. The molecule has 2 amide bonds. The van der Waals surface area contributed by atoms with E-state index in [-0.39, 0.29) is 18.0 Å². The van der Waals surface area contributed by atoms with E-state index < -0.39 is 0 Å². The van der Waals surface area contributed by atoms with Crippen molar-refractivity contribution in [2.45, 2.75) is 38.6 Å². The predicted molar refractivity (Wildman–Crippen MR) is 73.8 cm³/mol. The van der Waals surface area contributed by atoms with Crippen LogP contribution in [0.5, 0.6) is 0 Å². The van der Waals surface area contributed by atoms with Gasteiger partial charge in [-0.15, -0.1) is 0 Å². The maximum absolute atomic E-state index is 12.3. The van der Waals surface area contributed by atoms with Crippen LogP contribution < -0.4 is 5.32 Å². The first kappa shape index (κ1) is 14.5. The summed E-state index contributed by atoms with van der Waals surface area (Å²) in [5.41, 5.74) is 0. The number of aryl methyl sites for hydroxylation is 1. The van der Waals surface area contributed by atoms with Crippen LogP contribution in [0.1, 0.15) is 49.3 Å². The molecule has 118 valence electrons. The minimum absolute atomic E-state index is 0.130.